The van der Waals surface area contributed by atoms with Gasteiger partial charge in [0.1, 0.15) is 5.60 Å². The van der Waals surface area contributed by atoms with Crippen LogP contribution in [-0.2, 0) is 14.4 Å². The number of likely N-dealkylation sites (tertiary alicyclic amines) is 1. The molecule has 34 heavy (non-hydrogen) atoms. The molecule has 3 rings (SSSR count). The summed E-state index contributed by atoms with van der Waals surface area (Å²) in [5, 5.41) is 1.29. The third kappa shape index (κ3) is 6.60. The lowest BCUT2D eigenvalue weighted by Crippen LogP contribution is -2.41. The van der Waals surface area contributed by atoms with Crippen molar-refractivity contribution in [3.8, 4) is 0 Å². The topological polar surface area (TPSA) is 59.1 Å². The maximum absolute atomic E-state index is 12.7. The molecule has 0 spiro atoms. The molecule has 1 aliphatic rings. The van der Waals surface area contributed by atoms with E-state index < -0.39 is 5.60 Å². The number of nitrogens with zero attached hydrogens (tertiary/aromatic N) is 2. The summed E-state index contributed by atoms with van der Waals surface area (Å²) >= 11 is 0. The smallest absolute Gasteiger partial charge is 0.410 e. The summed E-state index contributed by atoms with van der Waals surface area (Å²) < 4.78 is 5.52. The second kappa shape index (κ2) is 11.0. The van der Waals surface area contributed by atoms with Crippen molar-refractivity contribution in [3.63, 3.8) is 0 Å². The number of carbonyl (C=O) groups is 2. The molecule has 0 aliphatic carbocycles. The van der Waals surface area contributed by atoms with Crippen LogP contribution in [0.5, 0.6) is 0 Å². The van der Waals surface area contributed by atoms with Gasteiger partial charge < -0.3 is 9.64 Å². The fourth-order valence-corrected chi connectivity index (χ4v) is 4.51. The minimum absolute atomic E-state index is 0.0469. The fourth-order valence-electron chi connectivity index (χ4n) is 4.51. The lowest BCUT2D eigenvalue weighted by Gasteiger charge is -2.33. The Morgan fingerprint density at radius 3 is 2.24 bits per heavy atom. The second-order valence-electron chi connectivity index (χ2n) is 10.1. The molecule has 1 saturated heterocycles. The molecule has 1 fully saturated rings. The zero-order valence-corrected chi connectivity index (χ0v) is 21.3. The van der Waals surface area contributed by atoms with E-state index in [1.54, 1.807) is 7.05 Å². The number of aryl methyl sites for hydroxylation is 1. The molecule has 0 N–H and O–H groups in total. The van der Waals surface area contributed by atoms with Gasteiger partial charge in [-0.1, -0.05) is 48.5 Å². The lowest BCUT2D eigenvalue weighted by atomic mass is 9.83. The standard InChI is InChI=1S/C28H38N2O4/c1-20-9-7-8-10-24(20)25(19-26(31)29(5)33-6)23-13-11-21(12-14-23)22-15-17-30(18-16-22)27(32)34-28(2,3)4/h7-14,22,25H,15-19H2,1-6H3/t25-/m1/s1. The van der Waals surface area contributed by atoms with Crippen LogP contribution in [0.25, 0.3) is 0 Å². The molecular weight excluding hydrogens is 428 g/mol. The molecule has 1 aliphatic heterocycles. The Morgan fingerprint density at radius 2 is 1.68 bits per heavy atom. The Kier molecular flexibility index (Phi) is 8.37. The minimum Gasteiger partial charge on any atom is -0.444 e. The van der Waals surface area contributed by atoms with Crippen molar-refractivity contribution in [2.45, 2.75) is 64.4 Å². The number of rotatable bonds is 6. The molecule has 1 heterocycles. The number of carbonyl (C=O) groups excluding carboxylic acids is 2. The zero-order valence-electron chi connectivity index (χ0n) is 21.3. The molecule has 0 unspecified atom stereocenters. The first-order valence-electron chi connectivity index (χ1n) is 12.0. The average molecular weight is 467 g/mol. The van der Waals surface area contributed by atoms with Crippen LogP contribution in [0.2, 0.25) is 0 Å². The van der Waals surface area contributed by atoms with Gasteiger partial charge in [-0.25, -0.2) is 9.86 Å². The van der Waals surface area contributed by atoms with E-state index >= 15 is 0 Å². The Labute approximate surface area is 203 Å². The molecule has 0 saturated carbocycles. The first-order chi connectivity index (χ1) is 16.1. The molecule has 2 amide bonds. The molecule has 6 heteroatoms. The van der Waals surface area contributed by atoms with Gasteiger partial charge in [0.05, 0.1) is 7.11 Å². The quantitative estimate of drug-likeness (QED) is 0.516. The third-order valence-corrected chi connectivity index (χ3v) is 6.52. The van der Waals surface area contributed by atoms with Gasteiger partial charge in [0.15, 0.2) is 0 Å². The van der Waals surface area contributed by atoms with E-state index in [-0.39, 0.29) is 17.9 Å². The van der Waals surface area contributed by atoms with Crippen molar-refractivity contribution >= 4 is 12.0 Å². The summed E-state index contributed by atoms with van der Waals surface area (Å²) in [5.41, 5.74) is 4.23. The predicted molar refractivity (Wildman–Crippen MR) is 134 cm³/mol. The molecule has 6 nitrogen and oxygen atoms in total. The molecule has 0 bridgehead atoms. The molecule has 184 valence electrons. The van der Waals surface area contributed by atoms with Crippen molar-refractivity contribution in [2.75, 3.05) is 27.2 Å². The number of hydrogen-bond acceptors (Lipinski definition) is 4. The van der Waals surface area contributed by atoms with E-state index in [1.165, 1.54) is 23.3 Å². The van der Waals surface area contributed by atoms with Crippen molar-refractivity contribution < 1.29 is 19.2 Å². The molecule has 2 aromatic carbocycles. The first kappa shape index (κ1) is 25.8. The van der Waals surface area contributed by atoms with Crippen LogP contribution >= 0.6 is 0 Å². The van der Waals surface area contributed by atoms with Crippen molar-refractivity contribution in [2.24, 2.45) is 0 Å². The van der Waals surface area contributed by atoms with Crippen LogP contribution < -0.4 is 0 Å². The van der Waals surface area contributed by atoms with E-state index in [2.05, 4.69) is 43.3 Å². The van der Waals surface area contributed by atoms with Gasteiger partial charge in [0.2, 0.25) is 5.91 Å². The minimum atomic E-state index is -0.475. The van der Waals surface area contributed by atoms with E-state index in [1.807, 2.05) is 37.8 Å². The first-order valence-corrected chi connectivity index (χ1v) is 12.0. The molecule has 2 aromatic rings. The van der Waals surface area contributed by atoms with Gasteiger partial charge in [0.25, 0.3) is 0 Å². The van der Waals surface area contributed by atoms with Gasteiger partial charge in [0, 0.05) is 32.5 Å². The summed E-state index contributed by atoms with van der Waals surface area (Å²) in [7, 11) is 3.15. The molecular formula is C28H38N2O4. The Bertz CT molecular complexity index is 973. The number of benzene rings is 2. The molecule has 1 atom stereocenters. The van der Waals surface area contributed by atoms with Crippen LogP contribution in [-0.4, -0.2) is 54.8 Å². The Hall–Kier alpha value is -2.86. The van der Waals surface area contributed by atoms with Crippen LogP contribution in [0, 0.1) is 6.92 Å². The summed E-state index contributed by atoms with van der Waals surface area (Å²) in [5.74, 6) is 0.301. The lowest BCUT2D eigenvalue weighted by molar-refractivity contribution is -0.168. The van der Waals surface area contributed by atoms with E-state index in [4.69, 9.17) is 9.57 Å². The second-order valence-corrected chi connectivity index (χ2v) is 10.1. The van der Waals surface area contributed by atoms with E-state index in [9.17, 15) is 9.59 Å². The largest absolute Gasteiger partial charge is 0.444 e. The van der Waals surface area contributed by atoms with Gasteiger partial charge in [-0.3, -0.25) is 9.63 Å². The zero-order chi connectivity index (χ0) is 24.9. The summed E-state index contributed by atoms with van der Waals surface area (Å²) in [4.78, 5) is 32.0. The highest BCUT2D eigenvalue weighted by atomic mass is 16.7. The number of amides is 2. The number of ether oxygens (including phenoxy) is 1. The number of hydrogen-bond donors (Lipinski definition) is 0. The molecule has 0 aromatic heterocycles. The van der Waals surface area contributed by atoms with Crippen molar-refractivity contribution in [3.05, 3.63) is 70.8 Å². The van der Waals surface area contributed by atoms with Crippen LogP contribution in [0.1, 0.15) is 74.1 Å². The maximum atomic E-state index is 12.7. The Balaban J connectivity index is 1.72. The average Bonchev–Trinajstić information content (AvgIpc) is 2.81. The van der Waals surface area contributed by atoms with Gasteiger partial charge in [-0.2, -0.15) is 0 Å². The van der Waals surface area contributed by atoms with Gasteiger partial charge >= 0.3 is 6.09 Å². The van der Waals surface area contributed by atoms with Crippen LogP contribution in [0.4, 0.5) is 4.79 Å². The Morgan fingerprint density at radius 1 is 1.06 bits per heavy atom. The van der Waals surface area contributed by atoms with E-state index in [0.717, 1.165) is 24.0 Å². The fraction of sp³-hybridized carbons (Fsp3) is 0.500. The van der Waals surface area contributed by atoms with Gasteiger partial charge in [-0.05, 0) is 68.7 Å². The van der Waals surface area contributed by atoms with Gasteiger partial charge in [-0.15, -0.1) is 0 Å². The summed E-state index contributed by atoms with van der Waals surface area (Å²) in [6, 6.07) is 16.9. The van der Waals surface area contributed by atoms with Crippen LogP contribution in [0.3, 0.4) is 0 Å². The summed E-state index contributed by atoms with van der Waals surface area (Å²) in [6.07, 6.45) is 1.93. The summed E-state index contributed by atoms with van der Waals surface area (Å²) in [6.45, 7) is 9.16. The highest BCUT2D eigenvalue weighted by Crippen LogP contribution is 2.34. The molecule has 0 radical (unpaired) electrons. The van der Waals surface area contributed by atoms with Crippen LogP contribution in [0.15, 0.2) is 48.5 Å². The monoisotopic (exact) mass is 466 g/mol. The SMILES string of the molecule is CON(C)C(=O)C[C@H](c1ccc(C2CCN(C(=O)OC(C)(C)C)CC2)cc1)c1ccccc1C. The third-order valence-electron chi connectivity index (χ3n) is 6.52. The number of hydroxylamine groups is 2. The maximum Gasteiger partial charge on any atom is 0.410 e. The van der Waals surface area contributed by atoms with Crippen molar-refractivity contribution in [1.82, 2.24) is 9.96 Å². The highest BCUT2D eigenvalue weighted by Gasteiger charge is 2.28. The predicted octanol–water partition coefficient (Wildman–Crippen LogP) is 5.65. The van der Waals surface area contributed by atoms with Crippen molar-refractivity contribution in [1.29, 1.82) is 0 Å². The normalized spacial score (nSPS) is 15.6. The van der Waals surface area contributed by atoms with E-state index in [0.29, 0.717) is 25.4 Å². The highest BCUT2D eigenvalue weighted by molar-refractivity contribution is 5.76. The number of piperidine rings is 1.